The van der Waals surface area contributed by atoms with Gasteiger partial charge in [0.05, 0.1) is 41.5 Å². The second kappa shape index (κ2) is 12.3. The summed E-state index contributed by atoms with van der Waals surface area (Å²) in [5.41, 5.74) is 4.39. The number of benzene rings is 8. The SMILES string of the molecule is [2H]c1c([2H])c([2H])c2c(c1[2H])c1c([2H])c([2H])c3c4c([2H])c([2H])c([2H])c([2H])c4n(-c4cccc5c4oc4cccc(-c6ccccc6)c45)c3c1n2-c1nc(-c2ccccc2)nc(-c2ccccc2)n1. The average molecular weight is 740 g/mol. The topological polar surface area (TPSA) is 61.7 Å². The zero-order chi connectivity index (χ0) is 46.2. The first-order valence-corrected chi connectivity index (χ1v) is 18.3. The highest BCUT2D eigenvalue weighted by molar-refractivity contribution is 6.24. The highest BCUT2D eigenvalue weighted by Crippen LogP contribution is 2.44. The number of hydrogen-bond acceptors (Lipinski definition) is 4. The van der Waals surface area contributed by atoms with Crippen LogP contribution in [0.1, 0.15) is 13.7 Å². The minimum absolute atomic E-state index is 0.0143. The summed E-state index contributed by atoms with van der Waals surface area (Å²) in [6.07, 6.45) is 0. The Kier molecular flexibility index (Phi) is 5.02. The lowest BCUT2D eigenvalue weighted by Crippen LogP contribution is -2.07. The molecule has 0 amide bonds. The minimum atomic E-state index is -0.561. The Hall–Kier alpha value is -7.83. The quantitative estimate of drug-likeness (QED) is 0.176. The molecule has 0 bridgehead atoms. The van der Waals surface area contributed by atoms with E-state index in [0.717, 1.165) is 16.5 Å². The van der Waals surface area contributed by atoms with Crippen molar-refractivity contribution < 1.29 is 18.1 Å². The third-order valence-electron chi connectivity index (χ3n) is 10.5. The fourth-order valence-corrected chi connectivity index (χ4v) is 8.02. The lowest BCUT2D eigenvalue weighted by Gasteiger charge is -2.13. The summed E-state index contributed by atoms with van der Waals surface area (Å²) < 4.78 is 103. The summed E-state index contributed by atoms with van der Waals surface area (Å²) in [7, 11) is 0. The van der Waals surface area contributed by atoms with Crippen molar-refractivity contribution in [2.45, 2.75) is 0 Å². The van der Waals surface area contributed by atoms with E-state index in [1.54, 1.807) is 10.6 Å². The van der Waals surface area contributed by atoms with E-state index in [2.05, 4.69) is 0 Å². The Bertz CT molecular complexity index is 4040. The summed E-state index contributed by atoms with van der Waals surface area (Å²) >= 11 is 0. The predicted molar refractivity (Wildman–Crippen MR) is 232 cm³/mol. The molecule has 0 unspecified atom stereocenters. The molecule has 0 saturated carbocycles. The number of hydrogen-bond donors (Lipinski definition) is 0. The number of nitrogens with zero attached hydrogens (tertiary/aromatic N) is 5. The molecule has 266 valence electrons. The predicted octanol–water partition coefficient (Wildman–Crippen LogP) is 13.0. The van der Waals surface area contributed by atoms with Crippen LogP contribution < -0.4 is 0 Å². The summed E-state index contributed by atoms with van der Waals surface area (Å²) in [6.45, 7) is 0. The molecule has 0 aliphatic heterocycles. The molecule has 12 aromatic rings. The van der Waals surface area contributed by atoms with Gasteiger partial charge in [0.1, 0.15) is 5.58 Å². The molecule has 6 heteroatoms. The molecule has 57 heavy (non-hydrogen) atoms. The van der Waals surface area contributed by atoms with Gasteiger partial charge in [-0.25, -0.2) is 4.98 Å². The first-order valence-electron chi connectivity index (χ1n) is 23.3. The fraction of sp³-hybridized carbons (Fsp3) is 0. The van der Waals surface area contributed by atoms with Crippen LogP contribution in [-0.4, -0.2) is 24.1 Å². The molecule has 4 aromatic heterocycles. The van der Waals surface area contributed by atoms with Crippen molar-refractivity contribution in [2.24, 2.45) is 0 Å². The van der Waals surface area contributed by atoms with Crippen molar-refractivity contribution in [3.05, 3.63) is 188 Å². The Morgan fingerprint density at radius 2 is 0.982 bits per heavy atom. The molecular weight excluding hydrogens is 699 g/mol. The van der Waals surface area contributed by atoms with Crippen LogP contribution in [0, 0.1) is 0 Å². The number of furan rings is 1. The Labute approximate surface area is 340 Å². The highest BCUT2D eigenvalue weighted by Gasteiger charge is 2.25. The van der Waals surface area contributed by atoms with Gasteiger partial charge in [-0.05, 0) is 35.3 Å². The second-order valence-corrected chi connectivity index (χ2v) is 13.6. The first kappa shape index (κ1) is 23.2. The number of fused-ring (bicyclic) bond motifs is 10. The van der Waals surface area contributed by atoms with Crippen LogP contribution >= 0.6 is 0 Å². The standard InChI is InChI=1S/C51H31N5O/c1-4-16-32(17-5-1)35-24-15-29-44-45(35)40-25-14-28-43(48(40)57-44)55-41-26-12-10-22-36(41)38-30-31-39-37-23-11-13-27-42(37)56(47(39)46(38)55)51-53-49(33-18-6-2-7-19-33)52-50(54-51)34-20-8-3-9-21-34/h1-31H/i10D,11D,12D,13D,22D,23D,26D,27D,30D,31D. The second-order valence-electron chi connectivity index (χ2n) is 13.6. The molecule has 4 heterocycles. The zero-order valence-corrected chi connectivity index (χ0v) is 29.8. The van der Waals surface area contributed by atoms with Gasteiger partial charge in [0.15, 0.2) is 17.2 Å². The normalized spacial score (nSPS) is 14.3. The van der Waals surface area contributed by atoms with Crippen LogP contribution in [-0.2, 0) is 0 Å². The maximum absolute atomic E-state index is 9.78. The molecule has 0 aliphatic rings. The zero-order valence-electron chi connectivity index (χ0n) is 39.8. The Balaban J connectivity index is 1.36. The third kappa shape index (κ3) is 4.74. The lowest BCUT2D eigenvalue weighted by molar-refractivity contribution is 0.666. The van der Waals surface area contributed by atoms with Crippen LogP contribution in [0.5, 0.6) is 0 Å². The maximum atomic E-state index is 9.78. The molecule has 8 aromatic carbocycles. The number of rotatable bonds is 5. The van der Waals surface area contributed by atoms with Gasteiger partial charge < -0.3 is 8.98 Å². The minimum Gasteiger partial charge on any atom is -0.454 e. The molecule has 0 spiro atoms. The number of para-hydroxylation sites is 3. The van der Waals surface area contributed by atoms with Gasteiger partial charge in [0.25, 0.3) is 0 Å². The summed E-state index contributed by atoms with van der Waals surface area (Å²) in [6, 6.07) is 34.6. The van der Waals surface area contributed by atoms with E-state index in [-0.39, 0.29) is 61.2 Å². The van der Waals surface area contributed by atoms with E-state index in [0.29, 0.717) is 33.4 Å². The highest BCUT2D eigenvalue weighted by atomic mass is 16.3. The maximum Gasteiger partial charge on any atom is 0.238 e. The van der Waals surface area contributed by atoms with Crippen LogP contribution in [0.15, 0.2) is 192 Å². The van der Waals surface area contributed by atoms with Crippen LogP contribution in [0.4, 0.5) is 0 Å². The van der Waals surface area contributed by atoms with Crippen molar-refractivity contribution in [2.75, 3.05) is 0 Å². The summed E-state index contributed by atoms with van der Waals surface area (Å²) in [5, 5.41) is 1.33. The van der Waals surface area contributed by atoms with Crippen molar-refractivity contribution in [3.8, 4) is 45.5 Å². The molecule has 6 nitrogen and oxygen atoms in total. The fourth-order valence-electron chi connectivity index (χ4n) is 8.02. The summed E-state index contributed by atoms with van der Waals surface area (Å²) in [4.78, 5) is 14.9. The third-order valence-corrected chi connectivity index (χ3v) is 10.5. The van der Waals surface area contributed by atoms with Crippen LogP contribution in [0.25, 0.3) is 111 Å². The molecule has 0 atom stereocenters. The Morgan fingerprint density at radius 1 is 0.439 bits per heavy atom. The lowest BCUT2D eigenvalue weighted by atomic mass is 9.99. The first-order chi connectivity index (χ1) is 32.5. The van der Waals surface area contributed by atoms with Gasteiger partial charge in [-0.2, -0.15) is 9.97 Å². The van der Waals surface area contributed by atoms with E-state index in [9.17, 15) is 8.22 Å². The molecule has 0 aliphatic carbocycles. The Morgan fingerprint density at radius 3 is 1.61 bits per heavy atom. The monoisotopic (exact) mass is 739 g/mol. The van der Waals surface area contributed by atoms with Gasteiger partial charge in [0, 0.05) is 43.4 Å². The largest absolute Gasteiger partial charge is 0.454 e. The van der Waals surface area contributed by atoms with E-state index in [1.165, 1.54) is 4.57 Å². The van der Waals surface area contributed by atoms with Crippen molar-refractivity contribution in [1.29, 1.82) is 0 Å². The molecular formula is C51H31N5O. The van der Waals surface area contributed by atoms with Gasteiger partial charge >= 0.3 is 0 Å². The van der Waals surface area contributed by atoms with Gasteiger partial charge in [-0.3, -0.25) is 4.57 Å². The molecule has 12 rings (SSSR count). The van der Waals surface area contributed by atoms with E-state index < -0.39 is 60.4 Å². The molecule has 0 fully saturated rings. The molecule has 0 radical (unpaired) electrons. The van der Waals surface area contributed by atoms with Gasteiger partial charge in [-0.15, -0.1) is 0 Å². The van der Waals surface area contributed by atoms with Gasteiger partial charge in [-0.1, -0.05) is 164 Å². The number of aromatic nitrogens is 5. The molecule has 0 N–H and O–H groups in total. The van der Waals surface area contributed by atoms with Gasteiger partial charge in [0.2, 0.25) is 5.95 Å². The molecule has 0 saturated heterocycles. The van der Waals surface area contributed by atoms with Crippen molar-refractivity contribution >= 4 is 65.6 Å². The average Bonchev–Trinajstić information content (AvgIpc) is 4.05. The van der Waals surface area contributed by atoms with Crippen molar-refractivity contribution in [3.63, 3.8) is 0 Å². The smallest absolute Gasteiger partial charge is 0.238 e. The van der Waals surface area contributed by atoms with E-state index in [4.69, 9.17) is 24.9 Å². The summed E-state index contributed by atoms with van der Waals surface area (Å²) in [5.74, 6) is 0.393. The van der Waals surface area contributed by atoms with Crippen LogP contribution in [0.3, 0.4) is 0 Å². The van der Waals surface area contributed by atoms with E-state index in [1.807, 2.05) is 121 Å². The van der Waals surface area contributed by atoms with Crippen molar-refractivity contribution in [1.82, 2.24) is 24.1 Å². The van der Waals surface area contributed by atoms with E-state index >= 15 is 0 Å². The van der Waals surface area contributed by atoms with Crippen LogP contribution in [0.2, 0.25) is 0 Å².